The van der Waals surface area contributed by atoms with Gasteiger partial charge in [0.05, 0.1) is 10.6 Å². The Morgan fingerprint density at radius 1 is 1.14 bits per heavy atom. The summed E-state index contributed by atoms with van der Waals surface area (Å²) in [5.41, 5.74) is 0.788. The van der Waals surface area contributed by atoms with E-state index in [1.165, 1.54) is 12.1 Å². The molecule has 0 spiro atoms. The summed E-state index contributed by atoms with van der Waals surface area (Å²) in [6, 6.07) is 9.19. The zero-order valence-electron chi connectivity index (χ0n) is 15.4. The van der Waals surface area contributed by atoms with Gasteiger partial charge in [-0.1, -0.05) is 22.9 Å². The van der Waals surface area contributed by atoms with E-state index in [4.69, 9.17) is 4.52 Å². The average molecular weight is 421 g/mol. The van der Waals surface area contributed by atoms with Crippen LogP contribution in [0.4, 0.5) is 14.5 Å². The third-order valence-electron chi connectivity index (χ3n) is 3.98. The molecule has 0 unspecified atom stereocenters. The summed E-state index contributed by atoms with van der Waals surface area (Å²) in [7, 11) is -3.63. The summed E-state index contributed by atoms with van der Waals surface area (Å²) >= 11 is 0. The number of hydrogen-bond donors (Lipinski definition) is 1. The summed E-state index contributed by atoms with van der Waals surface area (Å²) < 4.78 is 56.2. The van der Waals surface area contributed by atoms with Crippen LogP contribution in [0.2, 0.25) is 0 Å². The number of nitrogens with one attached hydrogen (secondary N) is 1. The second-order valence-electron chi connectivity index (χ2n) is 6.35. The van der Waals surface area contributed by atoms with E-state index in [9.17, 15) is 22.0 Å². The molecule has 2 aromatic carbocycles. The van der Waals surface area contributed by atoms with Crippen LogP contribution in [0.3, 0.4) is 0 Å². The molecule has 152 valence electrons. The minimum atomic E-state index is -3.63. The van der Waals surface area contributed by atoms with E-state index in [0.29, 0.717) is 6.07 Å². The highest BCUT2D eigenvalue weighted by Crippen LogP contribution is 2.17. The van der Waals surface area contributed by atoms with Crippen LogP contribution in [-0.4, -0.2) is 24.5 Å². The van der Waals surface area contributed by atoms with E-state index >= 15 is 0 Å². The van der Waals surface area contributed by atoms with Gasteiger partial charge in [0, 0.05) is 18.9 Å². The largest absolute Gasteiger partial charge is 0.339 e. The number of amides is 1. The Balaban J connectivity index is 1.57. The maximum absolute atomic E-state index is 13.5. The highest BCUT2D eigenvalue weighted by atomic mass is 32.2. The molecule has 0 aliphatic rings. The van der Waals surface area contributed by atoms with Gasteiger partial charge in [-0.3, -0.25) is 4.79 Å². The monoisotopic (exact) mass is 421 g/mol. The molecule has 10 heteroatoms. The van der Waals surface area contributed by atoms with E-state index < -0.39 is 33.1 Å². The summed E-state index contributed by atoms with van der Waals surface area (Å²) in [6.07, 6.45) is -0.0740. The first kappa shape index (κ1) is 20.6. The smallest absolute Gasteiger partial charge is 0.227 e. The number of aromatic nitrogens is 2. The molecule has 1 N–H and O–H groups in total. The van der Waals surface area contributed by atoms with Crippen molar-refractivity contribution in [1.82, 2.24) is 10.1 Å². The molecule has 0 bridgehead atoms. The highest BCUT2D eigenvalue weighted by Gasteiger charge is 2.19. The normalized spacial score (nSPS) is 11.4. The number of carbonyl (C=O) groups is 1. The quantitative estimate of drug-likeness (QED) is 0.629. The van der Waals surface area contributed by atoms with E-state index in [-0.39, 0.29) is 35.1 Å². The van der Waals surface area contributed by atoms with Crippen molar-refractivity contribution in [3.63, 3.8) is 0 Å². The van der Waals surface area contributed by atoms with Crippen molar-refractivity contribution in [3.8, 4) is 0 Å². The second-order valence-corrected chi connectivity index (χ2v) is 8.34. The zero-order valence-corrected chi connectivity index (χ0v) is 16.2. The molecule has 3 rings (SSSR count). The van der Waals surface area contributed by atoms with Crippen LogP contribution < -0.4 is 5.32 Å². The highest BCUT2D eigenvalue weighted by molar-refractivity contribution is 7.90. The number of rotatable bonds is 7. The summed E-state index contributed by atoms with van der Waals surface area (Å²) in [4.78, 5) is 16.0. The predicted octanol–water partition coefficient (Wildman–Crippen LogP) is 3.20. The molecule has 1 heterocycles. The van der Waals surface area contributed by atoms with Crippen LogP contribution in [-0.2, 0) is 26.8 Å². The van der Waals surface area contributed by atoms with Gasteiger partial charge in [0.15, 0.2) is 15.7 Å². The Morgan fingerprint density at radius 3 is 2.55 bits per heavy atom. The zero-order chi connectivity index (χ0) is 21.0. The van der Waals surface area contributed by atoms with Crippen LogP contribution in [0.1, 0.15) is 23.7 Å². The van der Waals surface area contributed by atoms with Crippen LogP contribution in [0.15, 0.2) is 51.9 Å². The van der Waals surface area contributed by atoms with Crippen molar-refractivity contribution in [2.75, 3.05) is 5.32 Å². The lowest BCUT2D eigenvalue weighted by Gasteiger charge is -2.05. The number of nitrogens with zero attached hydrogens (tertiary/aromatic N) is 2. The van der Waals surface area contributed by atoms with Gasteiger partial charge in [-0.2, -0.15) is 4.98 Å². The molecule has 0 radical (unpaired) electrons. The first-order valence-electron chi connectivity index (χ1n) is 8.59. The third-order valence-corrected chi connectivity index (χ3v) is 5.61. The fourth-order valence-electron chi connectivity index (χ4n) is 2.47. The number of sulfone groups is 1. The van der Waals surface area contributed by atoms with E-state index in [1.807, 2.05) is 6.92 Å². The van der Waals surface area contributed by atoms with Crippen LogP contribution in [0, 0.1) is 18.6 Å². The summed E-state index contributed by atoms with van der Waals surface area (Å²) in [6.45, 7) is 1.85. The molecule has 0 fully saturated rings. The first-order valence-corrected chi connectivity index (χ1v) is 10.2. The Kier molecular flexibility index (Phi) is 6.02. The van der Waals surface area contributed by atoms with Crippen molar-refractivity contribution in [1.29, 1.82) is 0 Å². The van der Waals surface area contributed by atoms with Crippen LogP contribution >= 0.6 is 0 Å². The molecular weight excluding hydrogens is 404 g/mol. The predicted molar refractivity (Wildman–Crippen MR) is 99.7 cm³/mol. The number of halogens is 2. The lowest BCUT2D eigenvalue weighted by molar-refractivity contribution is -0.116. The second kappa shape index (κ2) is 8.48. The number of benzene rings is 2. The fraction of sp³-hybridized carbons (Fsp3) is 0.211. The number of aryl methyl sites for hydroxylation is 2. The van der Waals surface area contributed by atoms with Gasteiger partial charge in [-0.15, -0.1) is 0 Å². The fourth-order valence-corrected chi connectivity index (χ4v) is 3.65. The minimum Gasteiger partial charge on any atom is -0.339 e. The summed E-state index contributed by atoms with van der Waals surface area (Å²) in [5.74, 6) is -2.56. The van der Waals surface area contributed by atoms with Gasteiger partial charge in [-0.05, 0) is 31.2 Å². The van der Waals surface area contributed by atoms with E-state index in [0.717, 1.165) is 17.7 Å². The van der Waals surface area contributed by atoms with Crippen molar-refractivity contribution in [2.24, 2.45) is 0 Å². The number of anilines is 1. The Bertz CT molecular complexity index is 1130. The first-order chi connectivity index (χ1) is 13.7. The molecule has 7 nitrogen and oxygen atoms in total. The van der Waals surface area contributed by atoms with Crippen molar-refractivity contribution in [3.05, 3.63) is 71.4 Å². The molecule has 0 atom stereocenters. The molecule has 0 saturated carbocycles. The van der Waals surface area contributed by atoms with E-state index in [1.54, 1.807) is 12.1 Å². The van der Waals surface area contributed by atoms with Gasteiger partial charge < -0.3 is 9.84 Å². The Morgan fingerprint density at radius 2 is 1.86 bits per heavy atom. The molecule has 1 aromatic heterocycles. The molecule has 1 amide bonds. The molecular formula is C19H17F2N3O4S. The Labute approximate surface area is 165 Å². The molecule has 0 aliphatic carbocycles. The molecule has 0 aliphatic heterocycles. The van der Waals surface area contributed by atoms with Crippen molar-refractivity contribution < 1.29 is 26.5 Å². The van der Waals surface area contributed by atoms with Crippen molar-refractivity contribution >= 4 is 21.4 Å². The maximum atomic E-state index is 13.5. The van der Waals surface area contributed by atoms with Gasteiger partial charge in [0.25, 0.3) is 0 Å². The van der Waals surface area contributed by atoms with Crippen LogP contribution in [0.5, 0.6) is 0 Å². The molecule has 3 aromatic rings. The van der Waals surface area contributed by atoms with Crippen LogP contribution in [0.25, 0.3) is 0 Å². The summed E-state index contributed by atoms with van der Waals surface area (Å²) in [5, 5.41) is 5.94. The van der Waals surface area contributed by atoms with Gasteiger partial charge in [-0.25, -0.2) is 17.2 Å². The van der Waals surface area contributed by atoms with Gasteiger partial charge in [0.1, 0.15) is 17.4 Å². The SMILES string of the molecule is Cc1ccc(S(=O)(=O)Cc2noc(CCC(=O)Nc3ccc(F)cc3F)n2)cc1. The minimum absolute atomic E-state index is 0.0226. The average Bonchev–Trinajstić information content (AvgIpc) is 3.09. The van der Waals surface area contributed by atoms with Crippen molar-refractivity contribution in [2.45, 2.75) is 30.4 Å². The lowest BCUT2D eigenvalue weighted by Crippen LogP contribution is -2.13. The van der Waals surface area contributed by atoms with Gasteiger partial charge >= 0.3 is 0 Å². The molecule has 29 heavy (non-hydrogen) atoms. The van der Waals surface area contributed by atoms with Gasteiger partial charge in [0.2, 0.25) is 11.8 Å². The topological polar surface area (TPSA) is 102 Å². The Hall–Kier alpha value is -3.14. The third kappa shape index (κ3) is 5.44. The standard InChI is InChI=1S/C19H17F2N3O4S/c1-12-2-5-14(6-3-12)29(26,27)11-17-23-19(28-24-17)9-8-18(25)22-16-7-4-13(20)10-15(16)21/h2-7,10H,8-9,11H2,1H3,(H,22,25). The number of hydrogen-bond acceptors (Lipinski definition) is 6. The molecule has 0 saturated heterocycles. The maximum Gasteiger partial charge on any atom is 0.227 e. The lowest BCUT2D eigenvalue weighted by atomic mass is 10.2. The number of carbonyl (C=O) groups excluding carboxylic acids is 1. The van der Waals surface area contributed by atoms with E-state index in [2.05, 4.69) is 15.5 Å².